The van der Waals surface area contributed by atoms with Gasteiger partial charge in [0.1, 0.15) is 0 Å². The molecule has 2 atom stereocenters. The van der Waals surface area contributed by atoms with Crippen molar-refractivity contribution in [1.29, 1.82) is 0 Å². The molecular weight excluding hydrogens is 360 g/mol. The molecule has 2 aromatic carbocycles. The molecule has 2 aromatic rings. The summed E-state index contributed by atoms with van der Waals surface area (Å²) in [6.07, 6.45) is 0. The maximum Gasteiger partial charge on any atom is 0.338 e. The third kappa shape index (κ3) is 2.10. The van der Waals surface area contributed by atoms with Gasteiger partial charge in [-0.1, -0.05) is 36.4 Å². The summed E-state index contributed by atoms with van der Waals surface area (Å²) in [6, 6.07) is 15.6. The summed E-state index contributed by atoms with van der Waals surface area (Å²) in [5.41, 5.74) is -2.37. The predicted octanol–water partition coefficient (Wildman–Crippen LogP) is 1.90. The summed E-state index contributed by atoms with van der Waals surface area (Å²) in [7, 11) is 2.59. The van der Waals surface area contributed by atoms with Crippen molar-refractivity contribution in [3.05, 3.63) is 71.3 Å². The standard InChI is InChI=1S/C21H18N2O5/c1-20(19(26)27-3)21(28-16(22-20)13-9-5-4-6-10-13)15-12-8-7-11-14(15)17(24)23(2)18(21)25/h4-12H,1-3H3/t20-,21-/m1/s1. The quantitative estimate of drug-likeness (QED) is 0.589. The Labute approximate surface area is 161 Å². The van der Waals surface area contributed by atoms with Crippen molar-refractivity contribution in [1.82, 2.24) is 4.90 Å². The monoisotopic (exact) mass is 378 g/mol. The highest BCUT2D eigenvalue weighted by molar-refractivity contribution is 6.17. The second kappa shape index (κ2) is 6.02. The summed E-state index contributed by atoms with van der Waals surface area (Å²) in [5.74, 6) is -1.72. The Kier molecular flexibility index (Phi) is 3.85. The van der Waals surface area contributed by atoms with E-state index in [4.69, 9.17) is 9.47 Å². The highest BCUT2D eigenvalue weighted by Crippen LogP contribution is 2.50. The third-order valence-corrected chi connectivity index (χ3v) is 5.31. The van der Waals surface area contributed by atoms with Crippen LogP contribution >= 0.6 is 0 Å². The van der Waals surface area contributed by atoms with Crippen molar-refractivity contribution in [3.63, 3.8) is 0 Å². The van der Waals surface area contributed by atoms with E-state index in [0.717, 1.165) is 4.90 Å². The van der Waals surface area contributed by atoms with Gasteiger partial charge in [0.15, 0.2) is 0 Å². The Morgan fingerprint density at radius 2 is 1.71 bits per heavy atom. The van der Waals surface area contributed by atoms with E-state index in [-0.39, 0.29) is 11.5 Å². The minimum absolute atomic E-state index is 0.138. The molecule has 0 radical (unpaired) electrons. The van der Waals surface area contributed by atoms with Crippen LogP contribution in [0, 0.1) is 0 Å². The average Bonchev–Trinajstić information content (AvgIpc) is 3.06. The number of nitrogens with zero attached hydrogens (tertiary/aromatic N) is 2. The summed E-state index contributed by atoms with van der Waals surface area (Å²) >= 11 is 0. The molecule has 2 heterocycles. The highest BCUT2D eigenvalue weighted by atomic mass is 16.6. The van der Waals surface area contributed by atoms with Crippen molar-refractivity contribution in [2.75, 3.05) is 14.2 Å². The van der Waals surface area contributed by atoms with Gasteiger partial charge in [0.25, 0.3) is 17.4 Å². The number of carbonyl (C=O) groups is 3. The molecule has 0 saturated carbocycles. The van der Waals surface area contributed by atoms with E-state index in [2.05, 4.69) is 4.99 Å². The maximum atomic E-state index is 13.4. The molecule has 2 aliphatic heterocycles. The molecule has 7 nitrogen and oxygen atoms in total. The van der Waals surface area contributed by atoms with Crippen LogP contribution in [0.5, 0.6) is 0 Å². The molecule has 1 spiro atoms. The van der Waals surface area contributed by atoms with Gasteiger partial charge in [0.05, 0.1) is 7.11 Å². The van der Waals surface area contributed by atoms with E-state index in [9.17, 15) is 14.4 Å². The van der Waals surface area contributed by atoms with Crippen LogP contribution in [0.2, 0.25) is 0 Å². The molecule has 28 heavy (non-hydrogen) atoms. The zero-order chi connectivity index (χ0) is 20.1. The summed E-state index contributed by atoms with van der Waals surface area (Å²) in [5, 5.41) is 0. The number of hydrogen-bond donors (Lipinski definition) is 0. The fourth-order valence-corrected chi connectivity index (χ4v) is 3.81. The van der Waals surface area contributed by atoms with Gasteiger partial charge in [-0.05, 0) is 25.1 Å². The number of rotatable bonds is 2. The minimum Gasteiger partial charge on any atom is -0.467 e. The lowest BCUT2D eigenvalue weighted by Crippen LogP contribution is -2.64. The first-order valence-corrected chi connectivity index (χ1v) is 8.71. The Hall–Kier alpha value is -3.48. The Bertz CT molecular complexity index is 1030. The van der Waals surface area contributed by atoms with Gasteiger partial charge in [-0.3, -0.25) is 14.5 Å². The SMILES string of the molecule is COC(=O)[C@@]1(C)N=C(c2ccccc2)O[C@]12C(=O)N(C)C(=O)c1ccccc12. The largest absolute Gasteiger partial charge is 0.467 e. The average molecular weight is 378 g/mol. The lowest BCUT2D eigenvalue weighted by atomic mass is 9.72. The lowest BCUT2D eigenvalue weighted by Gasteiger charge is -2.42. The Balaban J connectivity index is 2.02. The molecule has 0 bridgehead atoms. The van der Waals surface area contributed by atoms with E-state index in [1.54, 1.807) is 48.5 Å². The van der Waals surface area contributed by atoms with Crippen molar-refractivity contribution in [2.45, 2.75) is 18.1 Å². The van der Waals surface area contributed by atoms with Crippen molar-refractivity contribution in [2.24, 2.45) is 4.99 Å². The zero-order valence-electron chi connectivity index (χ0n) is 15.6. The lowest BCUT2D eigenvalue weighted by molar-refractivity contribution is -0.166. The topological polar surface area (TPSA) is 85.3 Å². The summed E-state index contributed by atoms with van der Waals surface area (Å²) in [6.45, 7) is 1.49. The fourth-order valence-electron chi connectivity index (χ4n) is 3.81. The molecule has 142 valence electrons. The van der Waals surface area contributed by atoms with E-state index >= 15 is 0 Å². The zero-order valence-corrected chi connectivity index (χ0v) is 15.6. The number of benzene rings is 2. The summed E-state index contributed by atoms with van der Waals surface area (Å²) in [4.78, 5) is 44.4. The Morgan fingerprint density at radius 3 is 2.39 bits per heavy atom. The van der Waals surface area contributed by atoms with Crippen LogP contribution in [-0.4, -0.2) is 48.3 Å². The molecular formula is C21H18N2O5. The number of amides is 2. The maximum absolute atomic E-state index is 13.4. The van der Waals surface area contributed by atoms with E-state index in [1.165, 1.54) is 21.1 Å². The van der Waals surface area contributed by atoms with Crippen LogP contribution in [0.15, 0.2) is 59.6 Å². The molecule has 2 aliphatic rings. The molecule has 4 rings (SSSR count). The number of fused-ring (bicyclic) bond motifs is 2. The molecule has 0 aliphatic carbocycles. The molecule has 0 aromatic heterocycles. The Morgan fingerprint density at radius 1 is 1.07 bits per heavy atom. The van der Waals surface area contributed by atoms with Crippen LogP contribution in [0.1, 0.15) is 28.4 Å². The second-order valence-electron chi connectivity index (χ2n) is 6.84. The predicted molar refractivity (Wildman–Crippen MR) is 99.7 cm³/mol. The molecule has 0 saturated heterocycles. The smallest absolute Gasteiger partial charge is 0.338 e. The third-order valence-electron chi connectivity index (χ3n) is 5.31. The number of aliphatic imine (C=N–C) groups is 1. The highest BCUT2D eigenvalue weighted by Gasteiger charge is 2.70. The van der Waals surface area contributed by atoms with Gasteiger partial charge in [-0.25, -0.2) is 9.79 Å². The number of likely N-dealkylation sites (N-methyl/N-ethyl adjacent to an activating group) is 1. The first kappa shape index (κ1) is 17.9. The number of carbonyl (C=O) groups excluding carboxylic acids is 3. The van der Waals surface area contributed by atoms with E-state index in [1.807, 2.05) is 6.07 Å². The van der Waals surface area contributed by atoms with Crippen molar-refractivity contribution in [3.8, 4) is 0 Å². The van der Waals surface area contributed by atoms with Crippen LogP contribution in [0.3, 0.4) is 0 Å². The normalized spacial score (nSPS) is 26.0. The minimum atomic E-state index is -1.84. The number of methoxy groups -OCH3 is 1. The van der Waals surface area contributed by atoms with E-state index in [0.29, 0.717) is 11.1 Å². The van der Waals surface area contributed by atoms with Crippen molar-refractivity contribution < 1.29 is 23.9 Å². The van der Waals surface area contributed by atoms with Crippen LogP contribution in [0.25, 0.3) is 0 Å². The van der Waals surface area contributed by atoms with Gasteiger partial charge < -0.3 is 9.47 Å². The number of ether oxygens (including phenoxy) is 2. The number of esters is 1. The van der Waals surface area contributed by atoms with Gasteiger partial charge in [0.2, 0.25) is 11.4 Å². The molecule has 0 unspecified atom stereocenters. The molecule has 0 N–H and O–H groups in total. The van der Waals surface area contributed by atoms with Crippen molar-refractivity contribution >= 4 is 23.7 Å². The fraction of sp³-hybridized carbons (Fsp3) is 0.238. The van der Waals surface area contributed by atoms with Crippen LogP contribution < -0.4 is 0 Å². The molecule has 2 amide bonds. The number of hydrogen-bond acceptors (Lipinski definition) is 6. The second-order valence-corrected chi connectivity index (χ2v) is 6.84. The first-order valence-electron chi connectivity index (χ1n) is 8.71. The summed E-state index contributed by atoms with van der Waals surface area (Å²) < 4.78 is 11.2. The molecule has 0 fully saturated rings. The van der Waals surface area contributed by atoms with Gasteiger partial charge in [-0.2, -0.15) is 0 Å². The van der Waals surface area contributed by atoms with E-state index < -0.39 is 28.9 Å². The van der Waals surface area contributed by atoms with Gasteiger partial charge in [0, 0.05) is 23.7 Å². The first-order chi connectivity index (χ1) is 13.4. The van der Waals surface area contributed by atoms with Crippen LogP contribution in [0.4, 0.5) is 0 Å². The van der Waals surface area contributed by atoms with Crippen LogP contribution in [-0.2, 0) is 24.7 Å². The van der Waals surface area contributed by atoms with Gasteiger partial charge >= 0.3 is 5.97 Å². The number of imide groups is 1. The molecule has 7 heteroatoms. The van der Waals surface area contributed by atoms with Gasteiger partial charge in [-0.15, -0.1) is 0 Å².